The summed E-state index contributed by atoms with van der Waals surface area (Å²) in [5, 5.41) is 6.80. The van der Waals surface area contributed by atoms with Gasteiger partial charge in [-0.25, -0.2) is 5.43 Å². The fraction of sp³-hybridized carbons (Fsp3) is 0.200. The maximum absolute atomic E-state index is 13.3. The Hall–Kier alpha value is -3.72. The quantitative estimate of drug-likeness (QED) is 0.292. The number of hydrogen-bond donors (Lipinski definition) is 1. The van der Waals surface area contributed by atoms with Gasteiger partial charge in [0, 0.05) is 11.0 Å². The highest BCUT2D eigenvalue weighted by Gasteiger charge is 2.60. The molecule has 1 amide bonds. The second-order valence-corrected chi connectivity index (χ2v) is 9.16. The Labute approximate surface area is 195 Å². The van der Waals surface area contributed by atoms with Crippen LogP contribution in [0.25, 0.3) is 10.8 Å². The third-order valence-electron chi connectivity index (χ3n) is 6.92. The van der Waals surface area contributed by atoms with Crippen molar-refractivity contribution in [2.45, 2.75) is 32.6 Å². The lowest BCUT2D eigenvalue weighted by Crippen LogP contribution is -2.26. The van der Waals surface area contributed by atoms with E-state index in [-0.39, 0.29) is 17.2 Å². The van der Waals surface area contributed by atoms with Crippen molar-refractivity contribution in [3.05, 3.63) is 119 Å². The number of nitrogens with one attached hydrogen (secondary N) is 1. The highest BCUT2D eigenvalue weighted by molar-refractivity contribution is 6.10. The Bertz CT molecular complexity index is 1300. The minimum Gasteiger partial charge on any atom is -0.273 e. The van der Waals surface area contributed by atoms with Crippen LogP contribution in [0.3, 0.4) is 0 Å². The van der Waals surface area contributed by atoms with Crippen LogP contribution in [0.4, 0.5) is 0 Å². The average Bonchev–Trinajstić information content (AvgIpc) is 3.60. The van der Waals surface area contributed by atoms with Gasteiger partial charge < -0.3 is 0 Å². The molecule has 4 aromatic carbocycles. The van der Waals surface area contributed by atoms with E-state index in [4.69, 9.17) is 0 Å². The predicted octanol–water partition coefficient (Wildman–Crippen LogP) is 6.30. The van der Waals surface area contributed by atoms with E-state index >= 15 is 0 Å². The first kappa shape index (κ1) is 21.1. The molecule has 0 spiro atoms. The van der Waals surface area contributed by atoms with Gasteiger partial charge in [0.25, 0.3) is 0 Å². The Kier molecular flexibility index (Phi) is 5.33. The lowest BCUT2D eigenvalue weighted by atomic mass is 9.85. The minimum absolute atomic E-state index is 0.0317. The van der Waals surface area contributed by atoms with Crippen LogP contribution in [0.5, 0.6) is 0 Å². The highest BCUT2D eigenvalue weighted by Crippen LogP contribution is 2.59. The molecule has 0 radical (unpaired) electrons. The van der Waals surface area contributed by atoms with Gasteiger partial charge in [0.15, 0.2) is 0 Å². The van der Waals surface area contributed by atoms with E-state index in [2.05, 4.69) is 91.1 Å². The van der Waals surface area contributed by atoms with Crippen LogP contribution >= 0.6 is 0 Å². The molecule has 164 valence electrons. The molecule has 33 heavy (non-hydrogen) atoms. The van der Waals surface area contributed by atoms with Crippen molar-refractivity contribution in [1.29, 1.82) is 0 Å². The van der Waals surface area contributed by atoms with Crippen LogP contribution in [0.2, 0.25) is 0 Å². The summed E-state index contributed by atoms with van der Waals surface area (Å²) in [5.74, 6) is -0.178. The number of rotatable bonds is 5. The highest BCUT2D eigenvalue weighted by atomic mass is 16.2. The molecule has 0 saturated heterocycles. The third kappa shape index (κ3) is 3.84. The fourth-order valence-electron chi connectivity index (χ4n) is 4.90. The van der Waals surface area contributed by atoms with Crippen molar-refractivity contribution in [3.8, 4) is 0 Å². The lowest BCUT2D eigenvalue weighted by molar-refractivity contribution is -0.122. The van der Waals surface area contributed by atoms with Crippen LogP contribution in [0.15, 0.2) is 96.1 Å². The third-order valence-corrected chi connectivity index (χ3v) is 6.92. The van der Waals surface area contributed by atoms with Crippen LogP contribution < -0.4 is 5.43 Å². The zero-order valence-electron chi connectivity index (χ0n) is 19.3. The van der Waals surface area contributed by atoms with Crippen LogP contribution in [-0.2, 0) is 10.2 Å². The SMILES string of the molecule is C/C(=N\NC(=O)[C@H]1CC1(c1ccc(C)cc1)c1ccc(C)cc1)c1cccc2ccccc12. The molecule has 0 aliphatic heterocycles. The second-order valence-electron chi connectivity index (χ2n) is 9.16. The molecule has 0 unspecified atom stereocenters. The summed E-state index contributed by atoms with van der Waals surface area (Å²) in [4.78, 5) is 13.3. The summed E-state index contributed by atoms with van der Waals surface area (Å²) in [6.45, 7) is 6.12. The monoisotopic (exact) mass is 432 g/mol. The second kappa shape index (κ2) is 8.32. The Morgan fingerprint density at radius 2 is 1.39 bits per heavy atom. The molecule has 3 nitrogen and oxygen atoms in total. The number of amides is 1. The van der Waals surface area contributed by atoms with E-state index in [1.165, 1.54) is 22.3 Å². The molecular formula is C30H28N2O. The van der Waals surface area contributed by atoms with E-state index in [0.717, 1.165) is 28.5 Å². The van der Waals surface area contributed by atoms with E-state index in [0.29, 0.717) is 0 Å². The Balaban J connectivity index is 1.43. The van der Waals surface area contributed by atoms with E-state index in [9.17, 15) is 4.79 Å². The summed E-state index contributed by atoms with van der Waals surface area (Å²) in [5.41, 5.74) is 9.22. The van der Waals surface area contributed by atoms with Gasteiger partial charge in [-0.1, -0.05) is 102 Å². The first-order valence-corrected chi connectivity index (χ1v) is 11.5. The van der Waals surface area contributed by atoms with Gasteiger partial charge in [-0.15, -0.1) is 0 Å². The fourth-order valence-corrected chi connectivity index (χ4v) is 4.90. The van der Waals surface area contributed by atoms with Gasteiger partial charge in [0.05, 0.1) is 11.6 Å². The van der Waals surface area contributed by atoms with Gasteiger partial charge in [-0.2, -0.15) is 5.10 Å². The molecule has 1 N–H and O–H groups in total. The average molecular weight is 433 g/mol. The summed E-state index contributed by atoms with van der Waals surface area (Å²) in [7, 11) is 0. The van der Waals surface area contributed by atoms with Crippen LogP contribution in [-0.4, -0.2) is 11.6 Å². The standard InChI is InChI=1S/C30H28N2O/c1-20-11-15-24(16-12-20)30(25-17-13-21(2)14-18-25)19-28(30)29(33)32-31-22(3)26-10-6-8-23-7-4-5-9-27(23)26/h4-18,28H,19H2,1-3H3,(H,32,33)/b31-22+/t28-/m1/s1. The molecule has 1 fully saturated rings. The summed E-state index contributed by atoms with van der Waals surface area (Å²) >= 11 is 0. The molecule has 0 bridgehead atoms. The molecule has 5 rings (SSSR count). The maximum atomic E-state index is 13.3. The van der Waals surface area contributed by atoms with Crippen LogP contribution in [0.1, 0.15) is 41.2 Å². The number of carbonyl (C=O) groups excluding carboxylic acids is 1. The number of carbonyl (C=O) groups is 1. The number of nitrogens with zero attached hydrogens (tertiary/aromatic N) is 1. The van der Waals surface area contributed by atoms with Gasteiger partial charge >= 0.3 is 0 Å². The van der Waals surface area contributed by atoms with E-state index in [1.54, 1.807) is 0 Å². The normalized spacial score (nSPS) is 17.1. The summed E-state index contributed by atoms with van der Waals surface area (Å²) in [6, 6.07) is 31.5. The lowest BCUT2D eigenvalue weighted by Gasteiger charge is -2.19. The molecule has 1 aliphatic rings. The van der Waals surface area contributed by atoms with Gasteiger partial charge in [-0.05, 0) is 49.1 Å². The van der Waals surface area contributed by atoms with Gasteiger partial charge in [0.2, 0.25) is 5.91 Å². The molecule has 1 atom stereocenters. The van der Waals surface area contributed by atoms with Crippen molar-refractivity contribution in [2.24, 2.45) is 11.0 Å². The first-order chi connectivity index (χ1) is 16.0. The zero-order chi connectivity index (χ0) is 23.0. The van der Waals surface area contributed by atoms with Crippen molar-refractivity contribution >= 4 is 22.4 Å². The van der Waals surface area contributed by atoms with E-state index < -0.39 is 0 Å². The number of hydrogen-bond acceptors (Lipinski definition) is 2. The van der Waals surface area contributed by atoms with Crippen molar-refractivity contribution in [1.82, 2.24) is 5.43 Å². The smallest absolute Gasteiger partial charge is 0.244 e. The molecule has 1 saturated carbocycles. The molecule has 1 aliphatic carbocycles. The number of hydrazone groups is 1. The van der Waals surface area contributed by atoms with Gasteiger partial charge in [0.1, 0.15) is 0 Å². The Morgan fingerprint density at radius 3 is 2.03 bits per heavy atom. The number of aryl methyl sites for hydroxylation is 2. The van der Waals surface area contributed by atoms with Crippen LogP contribution in [0, 0.1) is 19.8 Å². The minimum atomic E-state index is -0.297. The van der Waals surface area contributed by atoms with Crippen molar-refractivity contribution in [2.75, 3.05) is 0 Å². The largest absolute Gasteiger partial charge is 0.273 e. The van der Waals surface area contributed by atoms with Crippen molar-refractivity contribution in [3.63, 3.8) is 0 Å². The van der Waals surface area contributed by atoms with Gasteiger partial charge in [-0.3, -0.25) is 4.79 Å². The molecule has 4 aromatic rings. The maximum Gasteiger partial charge on any atom is 0.244 e. The molecule has 3 heteroatoms. The zero-order valence-corrected chi connectivity index (χ0v) is 19.3. The summed E-state index contributed by atoms with van der Waals surface area (Å²) in [6.07, 6.45) is 0.786. The molecule has 0 aromatic heterocycles. The topological polar surface area (TPSA) is 41.5 Å². The van der Waals surface area contributed by atoms with E-state index in [1.807, 2.05) is 31.2 Å². The summed E-state index contributed by atoms with van der Waals surface area (Å²) < 4.78 is 0. The molecular weight excluding hydrogens is 404 g/mol. The number of benzene rings is 4. The van der Waals surface area contributed by atoms with Crippen molar-refractivity contribution < 1.29 is 4.79 Å². The number of fused-ring (bicyclic) bond motifs is 1. The predicted molar refractivity (Wildman–Crippen MR) is 136 cm³/mol. The Morgan fingerprint density at radius 1 is 0.818 bits per heavy atom. The molecule has 0 heterocycles. The first-order valence-electron chi connectivity index (χ1n) is 11.5.